The van der Waals surface area contributed by atoms with Crippen molar-refractivity contribution >= 4 is 45.9 Å². The Labute approximate surface area is 309 Å². The van der Waals surface area contributed by atoms with Crippen LogP contribution >= 0.6 is 11.8 Å². The summed E-state index contributed by atoms with van der Waals surface area (Å²) < 4.78 is 0. The standard InChI is InChI=1S/C49H34N2S/c1-5-17-35(18-6-1)50(36-19-7-2-8-20-36)39-29-31-44-42(33-39)41-25-13-14-26-43(41)49(44)45-27-15-16-28-47(45)52-48-34-40(30-32-46(48)49)51(37-21-9-3-10-22-37)38-23-11-4-12-24-38/h1-34H. The Hall–Kier alpha value is -6.29. The highest BCUT2D eigenvalue weighted by molar-refractivity contribution is 7.99. The summed E-state index contributed by atoms with van der Waals surface area (Å²) in [7, 11) is 0. The van der Waals surface area contributed by atoms with E-state index in [0.717, 1.165) is 34.1 Å². The quantitative estimate of drug-likeness (QED) is 0.172. The van der Waals surface area contributed by atoms with Gasteiger partial charge in [0.1, 0.15) is 0 Å². The molecule has 2 aliphatic rings. The molecule has 0 amide bonds. The predicted molar refractivity (Wildman–Crippen MR) is 217 cm³/mol. The van der Waals surface area contributed by atoms with E-state index in [-0.39, 0.29) is 0 Å². The van der Waals surface area contributed by atoms with Gasteiger partial charge >= 0.3 is 0 Å². The van der Waals surface area contributed by atoms with Crippen LogP contribution in [0.15, 0.2) is 216 Å². The Balaban J connectivity index is 1.20. The number of nitrogens with zero attached hydrogens (tertiary/aromatic N) is 2. The van der Waals surface area contributed by atoms with Crippen molar-refractivity contribution in [2.75, 3.05) is 9.80 Å². The molecule has 0 bridgehead atoms. The second-order valence-corrected chi connectivity index (χ2v) is 14.4. The maximum Gasteiger partial charge on any atom is 0.0735 e. The van der Waals surface area contributed by atoms with Crippen molar-refractivity contribution in [3.05, 3.63) is 229 Å². The van der Waals surface area contributed by atoms with Gasteiger partial charge in [0.25, 0.3) is 0 Å². The van der Waals surface area contributed by atoms with Crippen LogP contribution in [0.4, 0.5) is 34.1 Å². The summed E-state index contributed by atoms with van der Waals surface area (Å²) in [5.41, 5.74) is 14.2. The second kappa shape index (κ2) is 12.5. The van der Waals surface area contributed by atoms with Crippen LogP contribution in [-0.2, 0) is 5.41 Å². The molecule has 1 atom stereocenters. The van der Waals surface area contributed by atoms with Gasteiger partial charge in [-0.1, -0.05) is 139 Å². The molecule has 8 aromatic carbocycles. The first-order valence-electron chi connectivity index (χ1n) is 17.8. The molecule has 0 N–H and O–H groups in total. The van der Waals surface area contributed by atoms with Gasteiger partial charge < -0.3 is 9.80 Å². The highest BCUT2D eigenvalue weighted by Gasteiger charge is 2.50. The fourth-order valence-corrected chi connectivity index (χ4v) is 9.59. The van der Waals surface area contributed by atoms with Crippen molar-refractivity contribution in [2.45, 2.75) is 15.2 Å². The monoisotopic (exact) mass is 682 g/mol. The number of hydrogen-bond acceptors (Lipinski definition) is 3. The second-order valence-electron chi connectivity index (χ2n) is 13.3. The van der Waals surface area contributed by atoms with Gasteiger partial charge in [0.05, 0.1) is 5.41 Å². The Bertz CT molecular complexity index is 2470. The average molecular weight is 683 g/mol. The van der Waals surface area contributed by atoms with E-state index in [2.05, 4.69) is 216 Å². The van der Waals surface area contributed by atoms with Gasteiger partial charge in [-0.05, 0) is 112 Å². The van der Waals surface area contributed by atoms with Gasteiger partial charge in [0.15, 0.2) is 0 Å². The van der Waals surface area contributed by atoms with Crippen LogP contribution < -0.4 is 9.80 Å². The molecule has 3 heteroatoms. The smallest absolute Gasteiger partial charge is 0.0735 e. The number of hydrogen-bond donors (Lipinski definition) is 0. The molecule has 1 heterocycles. The van der Waals surface area contributed by atoms with Crippen molar-refractivity contribution in [3.8, 4) is 11.1 Å². The third-order valence-electron chi connectivity index (χ3n) is 10.5. The van der Waals surface area contributed by atoms with Crippen LogP contribution in [0.5, 0.6) is 0 Å². The number of para-hydroxylation sites is 4. The molecule has 2 nitrogen and oxygen atoms in total. The summed E-state index contributed by atoms with van der Waals surface area (Å²) in [4.78, 5) is 7.29. The Kier molecular flexibility index (Phi) is 7.33. The van der Waals surface area contributed by atoms with Crippen molar-refractivity contribution in [1.29, 1.82) is 0 Å². The number of anilines is 6. The van der Waals surface area contributed by atoms with Crippen LogP contribution in [0.25, 0.3) is 11.1 Å². The SMILES string of the molecule is c1ccc(N(c2ccccc2)c2ccc3c(c2)Sc2ccccc2C32c3ccccc3-c3cc(N(c4ccccc4)c4ccccc4)ccc32)cc1. The van der Waals surface area contributed by atoms with Crippen LogP contribution in [0.1, 0.15) is 22.3 Å². The summed E-state index contributed by atoms with van der Waals surface area (Å²) in [6.07, 6.45) is 0. The molecule has 8 aromatic rings. The number of benzene rings is 8. The first kappa shape index (κ1) is 30.5. The van der Waals surface area contributed by atoms with E-state index in [0.29, 0.717) is 0 Å². The molecular formula is C49H34N2S. The van der Waals surface area contributed by atoms with Gasteiger partial charge in [0.2, 0.25) is 0 Å². The lowest BCUT2D eigenvalue weighted by Gasteiger charge is -2.40. The molecule has 0 fully saturated rings. The Morgan fingerprint density at radius 2 is 0.692 bits per heavy atom. The zero-order valence-electron chi connectivity index (χ0n) is 28.4. The summed E-state index contributed by atoms with van der Waals surface area (Å²) in [5, 5.41) is 0. The van der Waals surface area contributed by atoms with E-state index in [1.54, 1.807) is 0 Å². The lowest BCUT2D eigenvalue weighted by atomic mass is 9.67. The van der Waals surface area contributed by atoms with Crippen molar-refractivity contribution in [2.24, 2.45) is 0 Å². The topological polar surface area (TPSA) is 6.48 Å². The van der Waals surface area contributed by atoms with E-state index in [9.17, 15) is 0 Å². The summed E-state index contributed by atoms with van der Waals surface area (Å²) >= 11 is 1.88. The van der Waals surface area contributed by atoms with Crippen LogP contribution in [0.3, 0.4) is 0 Å². The van der Waals surface area contributed by atoms with E-state index >= 15 is 0 Å². The molecule has 0 aromatic heterocycles. The molecule has 1 unspecified atom stereocenters. The first-order valence-corrected chi connectivity index (χ1v) is 18.6. The zero-order chi connectivity index (χ0) is 34.5. The third-order valence-corrected chi connectivity index (χ3v) is 11.6. The molecule has 0 saturated heterocycles. The highest BCUT2D eigenvalue weighted by atomic mass is 32.2. The lowest BCUT2D eigenvalue weighted by Crippen LogP contribution is -2.32. The van der Waals surface area contributed by atoms with Crippen molar-refractivity contribution in [3.63, 3.8) is 0 Å². The van der Waals surface area contributed by atoms with E-state index in [4.69, 9.17) is 0 Å². The molecule has 52 heavy (non-hydrogen) atoms. The number of rotatable bonds is 6. The lowest BCUT2D eigenvalue weighted by molar-refractivity contribution is 0.722. The van der Waals surface area contributed by atoms with Gasteiger partial charge in [0, 0.05) is 43.9 Å². The molecule has 0 saturated carbocycles. The minimum Gasteiger partial charge on any atom is -0.310 e. The molecule has 1 spiro atoms. The summed E-state index contributed by atoms with van der Waals surface area (Å²) in [5.74, 6) is 0. The third kappa shape index (κ3) is 4.74. The van der Waals surface area contributed by atoms with Crippen LogP contribution in [0.2, 0.25) is 0 Å². The van der Waals surface area contributed by atoms with E-state index < -0.39 is 5.41 Å². The zero-order valence-corrected chi connectivity index (χ0v) is 29.2. The van der Waals surface area contributed by atoms with E-state index in [1.807, 2.05) is 11.8 Å². The first-order chi connectivity index (χ1) is 25.8. The normalized spacial score (nSPS) is 14.9. The van der Waals surface area contributed by atoms with Crippen molar-refractivity contribution < 1.29 is 0 Å². The summed E-state index contributed by atoms with van der Waals surface area (Å²) in [6, 6.07) is 75.0. The average Bonchev–Trinajstić information content (AvgIpc) is 3.50. The molecule has 0 radical (unpaired) electrons. The fraction of sp³-hybridized carbons (Fsp3) is 0.0204. The largest absolute Gasteiger partial charge is 0.310 e. The number of fused-ring (bicyclic) bond motifs is 9. The van der Waals surface area contributed by atoms with Gasteiger partial charge in [-0.15, -0.1) is 0 Å². The minimum atomic E-state index is -0.463. The Morgan fingerprint density at radius 1 is 0.288 bits per heavy atom. The highest BCUT2D eigenvalue weighted by Crippen LogP contribution is 2.63. The van der Waals surface area contributed by atoms with Crippen LogP contribution in [-0.4, -0.2) is 0 Å². The molecule has 1 aliphatic carbocycles. The molecular weight excluding hydrogens is 649 g/mol. The molecule has 1 aliphatic heterocycles. The van der Waals surface area contributed by atoms with Gasteiger partial charge in [-0.2, -0.15) is 0 Å². The van der Waals surface area contributed by atoms with Gasteiger partial charge in [-0.3, -0.25) is 0 Å². The van der Waals surface area contributed by atoms with Crippen molar-refractivity contribution in [1.82, 2.24) is 0 Å². The maximum absolute atomic E-state index is 2.41. The fourth-order valence-electron chi connectivity index (χ4n) is 8.37. The predicted octanol–water partition coefficient (Wildman–Crippen LogP) is 13.5. The Morgan fingerprint density at radius 3 is 1.25 bits per heavy atom. The molecule has 10 rings (SSSR count). The van der Waals surface area contributed by atoms with Gasteiger partial charge in [-0.25, -0.2) is 0 Å². The molecule has 246 valence electrons. The summed E-state index contributed by atoms with van der Waals surface area (Å²) in [6.45, 7) is 0. The van der Waals surface area contributed by atoms with E-state index in [1.165, 1.54) is 43.2 Å². The maximum atomic E-state index is 2.41. The minimum absolute atomic E-state index is 0.463. The van der Waals surface area contributed by atoms with Crippen LogP contribution in [0, 0.1) is 0 Å².